The molecule has 0 radical (unpaired) electrons. The second-order valence-corrected chi connectivity index (χ2v) is 4.28. The van der Waals surface area contributed by atoms with E-state index in [9.17, 15) is 4.79 Å². The second-order valence-electron chi connectivity index (χ2n) is 3.10. The molecule has 15 heavy (non-hydrogen) atoms. The van der Waals surface area contributed by atoms with Crippen LogP contribution in [0.1, 0.15) is 28.4 Å². The molecular formula is C11H9BrClNO. The van der Waals surface area contributed by atoms with Gasteiger partial charge in [-0.15, -0.1) is 11.6 Å². The number of carbonyl (C=O) groups is 1. The van der Waals surface area contributed by atoms with Crippen molar-refractivity contribution in [1.82, 2.24) is 0 Å². The molecule has 0 amide bonds. The van der Waals surface area contributed by atoms with Gasteiger partial charge >= 0.3 is 0 Å². The van der Waals surface area contributed by atoms with Crippen LogP contribution in [0.4, 0.5) is 0 Å². The molecule has 0 fully saturated rings. The maximum absolute atomic E-state index is 11.3. The van der Waals surface area contributed by atoms with Crippen LogP contribution in [-0.4, -0.2) is 5.78 Å². The summed E-state index contributed by atoms with van der Waals surface area (Å²) in [5.74, 6) is 0.254. The third-order valence-corrected chi connectivity index (χ3v) is 3.46. The van der Waals surface area contributed by atoms with Crippen molar-refractivity contribution in [2.45, 2.75) is 17.6 Å². The summed E-state index contributed by atoms with van der Waals surface area (Å²) in [5.41, 5.74) is 1.99. The molecular weight excluding hydrogens is 277 g/mol. The lowest BCUT2D eigenvalue weighted by molar-refractivity contribution is -0.116. The minimum absolute atomic E-state index is 0.0379. The van der Waals surface area contributed by atoms with E-state index in [4.69, 9.17) is 16.9 Å². The van der Waals surface area contributed by atoms with Crippen LogP contribution in [-0.2, 0) is 10.7 Å². The minimum atomic E-state index is -0.456. The van der Waals surface area contributed by atoms with Crippen molar-refractivity contribution in [3.63, 3.8) is 0 Å². The summed E-state index contributed by atoms with van der Waals surface area (Å²) in [7, 11) is 0. The van der Waals surface area contributed by atoms with Crippen LogP contribution in [0.15, 0.2) is 18.2 Å². The molecule has 1 atom stereocenters. The number of nitriles is 1. The van der Waals surface area contributed by atoms with E-state index >= 15 is 0 Å². The van der Waals surface area contributed by atoms with Gasteiger partial charge in [0, 0.05) is 5.88 Å². The molecule has 1 aromatic rings. The SMILES string of the molecule is CC(=O)C(Br)c1c(C#N)cccc1CCl. The molecule has 0 saturated heterocycles. The van der Waals surface area contributed by atoms with Crippen LogP contribution in [0.25, 0.3) is 0 Å². The van der Waals surface area contributed by atoms with Crippen LogP contribution < -0.4 is 0 Å². The van der Waals surface area contributed by atoms with Gasteiger partial charge in [0.15, 0.2) is 0 Å². The molecule has 0 bridgehead atoms. The smallest absolute Gasteiger partial charge is 0.147 e. The van der Waals surface area contributed by atoms with Gasteiger partial charge in [-0.25, -0.2) is 0 Å². The molecule has 1 aromatic carbocycles. The maximum atomic E-state index is 11.3. The van der Waals surface area contributed by atoms with Gasteiger partial charge in [-0.1, -0.05) is 28.1 Å². The zero-order valence-electron chi connectivity index (χ0n) is 8.13. The summed E-state index contributed by atoms with van der Waals surface area (Å²) in [6.45, 7) is 1.48. The number of alkyl halides is 2. The zero-order valence-corrected chi connectivity index (χ0v) is 10.5. The van der Waals surface area contributed by atoms with Crippen molar-refractivity contribution in [3.8, 4) is 6.07 Å². The maximum Gasteiger partial charge on any atom is 0.147 e. The number of hydrogen-bond donors (Lipinski definition) is 0. The lowest BCUT2D eigenvalue weighted by Gasteiger charge is -2.12. The highest BCUT2D eigenvalue weighted by Crippen LogP contribution is 2.30. The van der Waals surface area contributed by atoms with E-state index in [2.05, 4.69) is 22.0 Å². The van der Waals surface area contributed by atoms with Crippen LogP contribution in [0.3, 0.4) is 0 Å². The molecule has 0 aliphatic carbocycles. The number of Topliss-reactive ketones (excluding diaryl/α,β-unsaturated/α-hetero) is 1. The minimum Gasteiger partial charge on any atom is -0.298 e. The van der Waals surface area contributed by atoms with E-state index in [0.29, 0.717) is 17.0 Å². The summed E-state index contributed by atoms with van der Waals surface area (Å²) in [4.78, 5) is 10.8. The van der Waals surface area contributed by atoms with E-state index < -0.39 is 4.83 Å². The summed E-state index contributed by atoms with van der Waals surface area (Å²) < 4.78 is 0. The monoisotopic (exact) mass is 285 g/mol. The molecule has 0 aliphatic rings. The average molecular weight is 287 g/mol. The van der Waals surface area contributed by atoms with Crippen molar-refractivity contribution in [3.05, 3.63) is 34.9 Å². The van der Waals surface area contributed by atoms with Crippen LogP contribution in [0, 0.1) is 11.3 Å². The fourth-order valence-electron chi connectivity index (χ4n) is 1.33. The Morgan fingerprint density at radius 1 is 1.67 bits per heavy atom. The van der Waals surface area contributed by atoms with Crippen molar-refractivity contribution in [2.24, 2.45) is 0 Å². The average Bonchev–Trinajstić information content (AvgIpc) is 2.26. The molecule has 78 valence electrons. The molecule has 0 aromatic heterocycles. The normalized spacial score (nSPS) is 11.9. The Balaban J connectivity index is 3.35. The quantitative estimate of drug-likeness (QED) is 0.800. The Hall–Kier alpha value is -0.850. The van der Waals surface area contributed by atoms with Gasteiger partial charge in [-0.05, 0) is 24.1 Å². The van der Waals surface area contributed by atoms with Crippen molar-refractivity contribution in [1.29, 1.82) is 5.26 Å². The van der Waals surface area contributed by atoms with Crippen LogP contribution >= 0.6 is 27.5 Å². The number of carbonyl (C=O) groups excluding carboxylic acids is 1. The third-order valence-electron chi connectivity index (χ3n) is 2.07. The summed E-state index contributed by atoms with van der Waals surface area (Å²) >= 11 is 9.04. The van der Waals surface area contributed by atoms with Gasteiger partial charge in [-0.2, -0.15) is 5.26 Å². The van der Waals surface area contributed by atoms with Crippen LogP contribution in [0.5, 0.6) is 0 Å². The molecule has 2 nitrogen and oxygen atoms in total. The molecule has 0 saturated carbocycles. The van der Waals surface area contributed by atoms with Gasteiger partial charge in [0.25, 0.3) is 0 Å². The van der Waals surface area contributed by atoms with E-state index in [1.54, 1.807) is 12.1 Å². The van der Waals surface area contributed by atoms with Crippen molar-refractivity contribution in [2.75, 3.05) is 0 Å². The van der Waals surface area contributed by atoms with Gasteiger partial charge in [-0.3, -0.25) is 4.79 Å². The van der Waals surface area contributed by atoms with Gasteiger partial charge in [0.2, 0.25) is 0 Å². The second kappa shape index (κ2) is 5.29. The summed E-state index contributed by atoms with van der Waals surface area (Å²) in [6.07, 6.45) is 0. The van der Waals surface area contributed by atoms with E-state index in [0.717, 1.165) is 5.56 Å². The van der Waals surface area contributed by atoms with E-state index in [1.165, 1.54) is 6.92 Å². The fourth-order valence-corrected chi connectivity index (χ4v) is 2.10. The topological polar surface area (TPSA) is 40.9 Å². The van der Waals surface area contributed by atoms with Gasteiger partial charge in [0.1, 0.15) is 5.78 Å². The molecule has 1 unspecified atom stereocenters. The Labute approximate surface area is 102 Å². The number of benzene rings is 1. The first-order valence-electron chi connectivity index (χ1n) is 4.34. The number of hydrogen-bond acceptors (Lipinski definition) is 2. The highest BCUT2D eigenvalue weighted by molar-refractivity contribution is 9.09. The first kappa shape index (κ1) is 12.2. The Bertz CT molecular complexity index is 425. The van der Waals surface area contributed by atoms with E-state index in [-0.39, 0.29) is 5.78 Å². The first-order chi connectivity index (χ1) is 7.11. The van der Waals surface area contributed by atoms with Crippen molar-refractivity contribution >= 4 is 33.3 Å². The molecule has 0 aliphatic heterocycles. The number of ketones is 1. The summed E-state index contributed by atoms with van der Waals surface area (Å²) in [5, 5.41) is 8.94. The van der Waals surface area contributed by atoms with Gasteiger partial charge in [0.05, 0.1) is 16.5 Å². The standard InChI is InChI=1S/C11H9BrClNO/c1-7(15)11(12)10-8(5-13)3-2-4-9(10)6-14/h2-4,11H,5H2,1H3. The Morgan fingerprint density at radius 3 is 2.80 bits per heavy atom. The highest BCUT2D eigenvalue weighted by Gasteiger charge is 2.19. The molecule has 0 N–H and O–H groups in total. The van der Waals surface area contributed by atoms with Crippen LogP contribution in [0.2, 0.25) is 0 Å². The van der Waals surface area contributed by atoms with Crippen molar-refractivity contribution < 1.29 is 4.79 Å². The molecule has 1 rings (SSSR count). The van der Waals surface area contributed by atoms with Gasteiger partial charge < -0.3 is 0 Å². The zero-order chi connectivity index (χ0) is 11.4. The summed E-state index contributed by atoms with van der Waals surface area (Å²) in [6, 6.07) is 7.33. The fraction of sp³-hybridized carbons (Fsp3) is 0.273. The van der Waals surface area contributed by atoms with E-state index in [1.807, 2.05) is 6.07 Å². The largest absolute Gasteiger partial charge is 0.298 e. The highest BCUT2D eigenvalue weighted by atomic mass is 79.9. The number of rotatable bonds is 3. The Kier molecular flexibility index (Phi) is 4.31. The third kappa shape index (κ3) is 2.58. The first-order valence-corrected chi connectivity index (χ1v) is 5.79. The molecule has 0 heterocycles. The number of nitrogens with zero attached hydrogens (tertiary/aromatic N) is 1. The molecule has 0 spiro atoms. The lowest BCUT2D eigenvalue weighted by Crippen LogP contribution is -2.06. The lowest BCUT2D eigenvalue weighted by atomic mass is 9.98. The Morgan fingerprint density at radius 2 is 2.33 bits per heavy atom. The molecule has 4 heteroatoms. The number of halogens is 2. The predicted molar refractivity (Wildman–Crippen MR) is 63.1 cm³/mol. The predicted octanol–water partition coefficient (Wildman–Crippen LogP) is 3.32.